The fourth-order valence-corrected chi connectivity index (χ4v) is 2.97. The lowest BCUT2D eigenvalue weighted by molar-refractivity contribution is 0.397. The predicted molar refractivity (Wildman–Crippen MR) is 111 cm³/mol. The van der Waals surface area contributed by atoms with E-state index in [4.69, 9.17) is 0 Å². The molecule has 5 heteroatoms. The van der Waals surface area contributed by atoms with Gasteiger partial charge in [0.25, 0.3) is 5.56 Å². The third kappa shape index (κ3) is 4.81. The van der Waals surface area contributed by atoms with E-state index in [1.165, 1.54) is 10.7 Å². The lowest BCUT2D eigenvalue weighted by Crippen LogP contribution is -2.29. The first-order chi connectivity index (χ1) is 13.4. The Morgan fingerprint density at radius 3 is 2.54 bits per heavy atom. The van der Waals surface area contributed by atoms with Crippen molar-refractivity contribution in [2.75, 3.05) is 14.1 Å². The van der Waals surface area contributed by atoms with E-state index in [1.807, 2.05) is 61.5 Å². The monoisotopic (exact) mass is 377 g/mol. The van der Waals surface area contributed by atoms with Crippen LogP contribution in [0.2, 0.25) is 0 Å². The lowest BCUT2D eigenvalue weighted by Gasteiger charge is -2.13. The number of benzene rings is 2. The van der Waals surface area contributed by atoms with Crippen molar-refractivity contribution >= 4 is 6.08 Å². The molecule has 0 aliphatic rings. The van der Waals surface area contributed by atoms with Gasteiger partial charge in [-0.25, -0.2) is 9.07 Å². The topological polar surface area (TPSA) is 38.1 Å². The molecule has 0 bridgehead atoms. The Morgan fingerprint density at radius 1 is 1.11 bits per heavy atom. The highest BCUT2D eigenvalue weighted by Crippen LogP contribution is 2.20. The van der Waals surface area contributed by atoms with Gasteiger partial charge in [-0.15, -0.1) is 0 Å². The Balaban J connectivity index is 1.99. The zero-order valence-electron chi connectivity index (χ0n) is 16.4. The maximum atomic E-state index is 13.6. The van der Waals surface area contributed by atoms with E-state index in [2.05, 4.69) is 5.10 Å². The Hall–Kier alpha value is -3.05. The molecule has 0 saturated carbocycles. The Labute approximate surface area is 164 Å². The molecule has 0 radical (unpaired) electrons. The molecule has 1 aromatic heterocycles. The molecule has 0 saturated heterocycles. The fourth-order valence-electron chi connectivity index (χ4n) is 2.97. The van der Waals surface area contributed by atoms with Crippen molar-refractivity contribution in [3.05, 3.63) is 93.5 Å². The van der Waals surface area contributed by atoms with Crippen molar-refractivity contribution in [3.8, 4) is 11.3 Å². The predicted octanol–water partition coefficient (Wildman–Crippen LogP) is 4.13. The minimum Gasteiger partial charge on any atom is -0.305 e. The number of allylic oxidation sites excluding steroid dienone is 1. The van der Waals surface area contributed by atoms with Crippen LogP contribution >= 0.6 is 0 Å². The zero-order valence-corrected chi connectivity index (χ0v) is 16.4. The average Bonchev–Trinajstić information content (AvgIpc) is 2.67. The van der Waals surface area contributed by atoms with Gasteiger partial charge in [-0.2, -0.15) is 5.10 Å². The van der Waals surface area contributed by atoms with Crippen LogP contribution in [0.1, 0.15) is 16.7 Å². The fraction of sp³-hybridized carbons (Fsp3) is 0.217. The molecule has 0 N–H and O–H groups in total. The molecule has 1 heterocycles. The third-order valence-corrected chi connectivity index (χ3v) is 4.38. The smallest absolute Gasteiger partial charge is 0.271 e. The molecule has 0 spiro atoms. The summed E-state index contributed by atoms with van der Waals surface area (Å²) in [4.78, 5) is 14.8. The van der Waals surface area contributed by atoms with Crippen molar-refractivity contribution in [2.24, 2.45) is 0 Å². The van der Waals surface area contributed by atoms with Crippen LogP contribution in [0.4, 0.5) is 4.39 Å². The van der Waals surface area contributed by atoms with Crippen LogP contribution in [-0.4, -0.2) is 28.8 Å². The minimum absolute atomic E-state index is 0.117. The zero-order chi connectivity index (χ0) is 20.1. The van der Waals surface area contributed by atoms with Crippen molar-refractivity contribution in [2.45, 2.75) is 20.0 Å². The van der Waals surface area contributed by atoms with Crippen LogP contribution in [0.3, 0.4) is 0 Å². The number of hydrogen-bond donors (Lipinski definition) is 0. The maximum absolute atomic E-state index is 13.6. The second-order valence-electron chi connectivity index (χ2n) is 7.06. The number of rotatable bonds is 6. The first kappa shape index (κ1) is 19.7. The van der Waals surface area contributed by atoms with Gasteiger partial charge < -0.3 is 4.90 Å². The standard InChI is InChI=1S/C23H24FN3O/c1-17-14-19(11-12-21(17)24)22-15-20(16-26(2)3)23(28)27(25-22)13-7-10-18-8-5-4-6-9-18/h4-12,14-15H,13,16H2,1-3H3/b10-7+. The van der Waals surface area contributed by atoms with E-state index >= 15 is 0 Å². The van der Waals surface area contributed by atoms with Crippen molar-refractivity contribution in [3.63, 3.8) is 0 Å². The minimum atomic E-state index is -0.253. The largest absolute Gasteiger partial charge is 0.305 e. The van der Waals surface area contributed by atoms with Gasteiger partial charge in [0.2, 0.25) is 0 Å². The Morgan fingerprint density at radius 2 is 1.86 bits per heavy atom. The first-order valence-electron chi connectivity index (χ1n) is 9.18. The van der Waals surface area contributed by atoms with Crippen LogP contribution < -0.4 is 5.56 Å². The molecule has 3 rings (SSSR count). The number of aromatic nitrogens is 2. The van der Waals surface area contributed by atoms with Crippen LogP contribution in [0.25, 0.3) is 17.3 Å². The molecule has 0 atom stereocenters. The van der Waals surface area contributed by atoms with E-state index in [0.29, 0.717) is 29.9 Å². The summed E-state index contributed by atoms with van der Waals surface area (Å²) in [7, 11) is 3.84. The van der Waals surface area contributed by atoms with Gasteiger partial charge in [0, 0.05) is 17.7 Å². The van der Waals surface area contributed by atoms with Gasteiger partial charge in [-0.05, 0) is 56.4 Å². The number of aryl methyl sites for hydroxylation is 1. The molecule has 2 aromatic carbocycles. The second-order valence-corrected chi connectivity index (χ2v) is 7.06. The summed E-state index contributed by atoms with van der Waals surface area (Å²) in [6, 6.07) is 16.6. The molecule has 0 aliphatic heterocycles. The van der Waals surface area contributed by atoms with Crippen LogP contribution in [0.5, 0.6) is 0 Å². The highest BCUT2D eigenvalue weighted by atomic mass is 19.1. The van der Waals surface area contributed by atoms with E-state index in [9.17, 15) is 9.18 Å². The second kappa shape index (κ2) is 8.76. The summed E-state index contributed by atoms with van der Waals surface area (Å²) in [5.41, 5.74) is 3.61. The molecule has 3 aromatic rings. The molecule has 28 heavy (non-hydrogen) atoms. The molecule has 0 fully saturated rings. The van der Waals surface area contributed by atoms with Crippen LogP contribution in [-0.2, 0) is 13.1 Å². The maximum Gasteiger partial charge on any atom is 0.271 e. The van der Waals surface area contributed by atoms with Gasteiger partial charge in [-0.3, -0.25) is 4.79 Å². The van der Waals surface area contributed by atoms with E-state index < -0.39 is 0 Å². The van der Waals surface area contributed by atoms with E-state index in [1.54, 1.807) is 25.1 Å². The summed E-state index contributed by atoms with van der Waals surface area (Å²) in [6.07, 6.45) is 3.89. The third-order valence-electron chi connectivity index (χ3n) is 4.38. The normalized spacial score (nSPS) is 11.5. The molecule has 0 aliphatic carbocycles. The number of halogens is 1. The Bertz CT molecular complexity index is 1040. The summed E-state index contributed by atoms with van der Waals surface area (Å²) in [5, 5.41) is 4.52. The first-order valence-corrected chi connectivity index (χ1v) is 9.18. The van der Waals surface area contributed by atoms with E-state index in [0.717, 1.165) is 11.1 Å². The van der Waals surface area contributed by atoms with Crippen molar-refractivity contribution in [1.29, 1.82) is 0 Å². The van der Waals surface area contributed by atoms with E-state index in [-0.39, 0.29) is 11.4 Å². The molecular weight excluding hydrogens is 353 g/mol. The quantitative estimate of drug-likeness (QED) is 0.648. The van der Waals surface area contributed by atoms with Gasteiger partial charge in [0.05, 0.1) is 12.2 Å². The summed E-state index contributed by atoms with van der Waals surface area (Å²) < 4.78 is 15.1. The van der Waals surface area contributed by atoms with Gasteiger partial charge in [0.15, 0.2) is 0 Å². The van der Waals surface area contributed by atoms with Gasteiger partial charge >= 0.3 is 0 Å². The summed E-state index contributed by atoms with van der Waals surface area (Å²) >= 11 is 0. The van der Waals surface area contributed by atoms with Crippen molar-refractivity contribution < 1.29 is 4.39 Å². The van der Waals surface area contributed by atoms with Gasteiger partial charge in [-0.1, -0.05) is 42.5 Å². The highest BCUT2D eigenvalue weighted by molar-refractivity contribution is 5.60. The molecule has 0 amide bonds. The number of nitrogens with zero attached hydrogens (tertiary/aromatic N) is 3. The summed E-state index contributed by atoms with van der Waals surface area (Å²) in [5.74, 6) is -0.253. The average molecular weight is 377 g/mol. The lowest BCUT2D eigenvalue weighted by atomic mass is 10.1. The number of hydrogen-bond acceptors (Lipinski definition) is 3. The Kier molecular flexibility index (Phi) is 6.16. The summed E-state index contributed by atoms with van der Waals surface area (Å²) in [6.45, 7) is 2.59. The van der Waals surface area contributed by atoms with Crippen LogP contribution in [0, 0.1) is 12.7 Å². The van der Waals surface area contributed by atoms with Gasteiger partial charge in [0.1, 0.15) is 5.82 Å². The molecule has 4 nitrogen and oxygen atoms in total. The highest BCUT2D eigenvalue weighted by Gasteiger charge is 2.11. The van der Waals surface area contributed by atoms with Crippen molar-refractivity contribution in [1.82, 2.24) is 14.7 Å². The molecular formula is C23H24FN3O. The molecule has 144 valence electrons. The SMILES string of the molecule is Cc1cc(-c2cc(CN(C)C)c(=O)n(C/C=C/c3ccccc3)n2)ccc1F. The van der Waals surface area contributed by atoms with Crippen LogP contribution in [0.15, 0.2) is 65.5 Å². The molecule has 0 unspecified atom stereocenters.